The van der Waals surface area contributed by atoms with Crippen molar-refractivity contribution in [2.24, 2.45) is 5.92 Å². The third-order valence-corrected chi connectivity index (χ3v) is 4.04. The van der Waals surface area contributed by atoms with E-state index >= 15 is 0 Å². The molecular formula is C17H21N3O4. The van der Waals surface area contributed by atoms with Gasteiger partial charge in [0.2, 0.25) is 17.7 Å². The summed E-state index contributed by atoms with van der Waals surface area (Å²) >= 11 is 0. The molecule has 2 aromatic rings. The van der Waals surface area contributed by atoms with Gasteiger partial charge in [-0.05, 0) is 12.1 Å². The van der Waals surface area contributed by atoms with Crippen molar-refractivity contribution in [3.63, 3.8) is 0 Å². The third kappa shape index (κ3) is 3.50. The van der Waals surface area contributed by atoms with Gasteiger partial charge in [-0.2, -0.15) is 0 Å². The summed E-state index contributed by atoms with van der Waals surface area (Å²) in [5, 5.41) is 6.67. The average Bonchev–Trinajstić information content (AvgIpc) is 3.21. The highest BCUT2D eigenvalue weighted by Gasteiger charge is 2.35. The van der Waals surface area contributed by atoms with Crippen LogP contribution in [0.25, 0.3) is 0 Å². The molecule has 2 aromatic heterocycles. The van der Waals surface area contributed by atoms with Crippen molar-refractivity contribution in [1.29, 1.82) is 0 Å². The molecule has 0 spiro atoms. The Kier molecular flexibility index (Phi) is 4.17. The number of hydrogen-bond donors (Lipinski definition) is 1. The third-order valence-electron chi connectivity index (χ3n) is 4.04. The molecule has 7 nitrogen and oxygen atoms in total. The minimum atomic E-state index is -0.407. The first-order valence-corrected chi connectivity index (χ1v) is 7.91. The van der Waals surface area contributed by atoms with Crippen LogP contribution in [0.2, 0.25) is 0 Å². The fraction of sp³-hybridized carbons (Fsp3) is 0.471. The number of carbonyl (C=O) groups excluding carboxylic acids is 2. The molecule has 0 radical (unpaired) electrons. The molecule has 7 heteroatoms. The topological polar surface area (TPSA) is 88.6 Å². The monoisotopic (exact) mass is 331 g/mol. The number of rotatable bonds is 4. The van der Waals surface area contributed by atoms with E-state index < -0.39 is 5.92 Å². The Labute approximate surface area is 140 Å². The van der Waals surface area contributed by atoms with Crippen LogP contribution in [0.3, 0.4) is 0 Å². The lowest BCUT2D eigenvalue weighted by Crippen LogP contribution is -2.27. The van der Waals surface area contributed by atoms with Gasteiger partial charge in [-0.3, -0.25) is 14.9 Å². The smallest absolute Gasteiger partial charge is 0.232 e. The lowest BCUT2D eigenvalue weighted by molar-refractivity contribution is -0.128. The summed E-state index contributed by atoms with van der Waals surface area (Å²) in [6.07, 6.45) is 1.75. The second-order valence-corrected chi connectivity index (χ2v) is 7.07. The summed E-state index contributed by atoms with van der Waals surface area (Å²) in [4.78, 5) is 26.1. The summed E-state index contributed by atoms with van der Waals surface area (Å²) in [7, 11) is 0. The standard InChI is InChI=1S/C17H21N3O4/c1-17(2,3)13-8-14(24-19-13)18-16(22)11-7-15(21)20(9-11)10-12-5-4-6-23-12/h4-6,8,11H,7,9-10H2,1-3H3,(H,18,22)/t11-/m1/s1. The number of nitrogens with zero attached hydrogens (tertiary/aromatic N) is 2. The highest BCUT2D eigenvalue weighted by atomic mass is 16.5. The van der Waals surface area contributed by atoms with Crippen molar-refractivity contribution in [3.05, 3.63) is 35.9 Å². The van der Waals surface area contributed by atoms with Crippen molar-refractivity contribution in [1.82, 2.24) is 10.1 Å². The van der Waals surface area contributed by atoms with Gasteiger partial charge in [0.15, 0.2) is 0 Å². The maximum Gasteiger partial charge on any atom is 0.232 e. The molecule has 0 aromatic carbocycles. The first-order valence-electron chi connectivity index (χ1n) is 7.91. The van der Waals surface area contributed by atoms with Crippen LogP contribution < -0.4 is 5.32 Å². The summed E-state index contributed by atoms with van der Waals surface area (Å²) in [5.74, 6) is 0.313. The molecule has 1 aliphatic rings. The van der Waals surface area contributed by atoms with Crippen LogP contribution in [0.15, 0.2) is 33.4 Å². The Morgan fingerprint density at radius 2 is 2.25 bits per heavy atom. The van der Waals surface area contributed by atoms with Crippen LogP contribution in [-0.2, 0) is 21.5 Å². The minimum Gasteiger partial charge on any atom is -0.467 e. The second kappa shape index (κ2) is 6.14. The normalized spacial score (nSPS) is 18.2. The predicted octanol–water partition coefficient (Wildman–Crippen LogP) is 2.55. The Morgan fingerprint density at radius 3 is 2.88 bits per heavy atom. The van der Waals surface area contributed by atoms with Crippen molar-refractivity contribution >= 4 is 17.7 Å². The van der Waals surface area contributed by atoms with Crippen LogP contribution in [0.4, 0.5) is 5.88 Å². The fourth-order valence-corrected chi connectivity index (χ4v) is 2.60. The van der Waals surface area contributed by atoms with E-state index in [0.717, 1.165) is 5.69 Å². The Balaban J connectivity index is 1.60. The van der Waals surface area contributed by atoms with Gasteiger partial charge in [-0.1, -0.05) is 25.9 Å². The maximum absolute atomic E-state index is 12.4. The number of nitrogens with one attached hydrogen (secondary N) is 1. The molecular weight excluding hydrogens is 310 g/mol. The molecule has 2 amide bonds. The lowest BCUT2D eigenvalue weighted by Gasteiger charge is -2.14. The largest absolute Gasteiger partial charge is 0.467 e. The molecule has 1 fully saturated rings. The Morgan fingerprint density at radius 1 is 1.46 bits per heavy atom. The quantitative estimate of drug-likeness (QED) is 0.930. The molecule has 24 heavy (non-hydrogen) atoms. The van der Waals surface area contributed by atoms with Gasteiger partial charge in [0.25, 0.3) is 0 Å². The number of furan rings is 1. The van der Waals surface area contributed by atoms with Crippen LogP contribution in [0, 0.1) is 5.92 Å². The summed E-state index contributed by atoms with van der Waals surface area (Å²) < 4.78 is 10.4. The van der Waals surface area contributed by atoms with E-state index in [9.17, 15) is 9.59 Å². The lowest BCUT2D eigenvalue weighted by atomic mass is 9.92. The number of carbonyl (C=O) groups is 2. The number of aromatic nitrogens is 1. The zero-order chi connectivity index (χ0) is 17.3. The second-order valence-electron chi connectivity index (χ2n) is 7.07. The number of hydrogen-bond acceptors (Lipinski definition) is 5. The Bertz CT molecular complexity index is 727. The summed E-state index contributed by atoms with van der Waals surface area (Å²) in [6.45, 7) is 6.79. The molecule has 0 saturated carbocycles. The van der Waals surface area contributed by atoms with Gasteiger partial charge < -0.3 is 13.8 Å². The van der Waals surface area contributed by atoms with Crippen molar-refractivity contribution in [2.75, 3.05) is 11.9 Å². The number of anilines is 1. The zero-order valence-corrected chi connectivity index (χ0v) is 14.0. The number of amides is 2. The highest BCUT2D eigenvalue weighted by Crippen LogP contribution is 2.25. The van der Waals surface area contributed by atoms with Gasteiger partial charge in [0.1, 0.15) is 5.76 Å². The van der Waals surface area contributed by atoms with Crippen LogP contribution >= 0.6 is 0 Å². The van der Waals surface area contributed by atoms with E-state index in [1.807, 2.05) is 26.8 Å². The summed E-state index contributed by atoms with van der Waals surface area (Å²) in [5.41, 5.74) is 0.607. The van der Waals surface area contributed by atoms with Crippen LogP contribution in [0.5, 0.6) is 0 Å². The maximum atomic E-state index is 12.4. The van der Waals surface area contributed by atoms with Gasteiger partial charge in [-0.25, -0.2) is 0 Å². The van der Waals surface area contributed by atoms with Gasteiger partial charge in [-0.15, -0.1) is 0 Å². The molecule has 1 N–H and O–H groups in total. The van der Waals surface area contributed by atoms with E-state index in [1.165, 1.54) is 0 Å². The molecule has 3 rings (SSSR count). The van der Waals surface area contributed by atoms with Crippen LogP contribution in [0.1, 0.15) is 38.6 Å². The molecule has 128 valence electrons. The first-order chi connectivity index (χ1) is 11.3. The van der Waals surface area contributed by atoms with Crippen molar-refractivity contribution in [3.8, 4) is 0 Å². The van der Waals surface area contributed by atoms with Gasteiger partial charge >= 0.3 is 0 Å². The molecule has 1 atom stereocenters. The fourth-order valence-electron chi connectivity index (χ4n) is 2.60. The molecule has 0 bridgehead atoms. The van der Waals surface area contributed by atoms with E-state index in [1.54, 1.807) is 23.3 Å². The SMILES string of the molecule is CC(C)(C)c1cc(NC(=O)[C@@H]2CC(=O)N(Cc3ccco3)C2)on1. The highest BCUT2D eigenvalue weighted by molar-refractivity contribution is 5.96. The average molecular weight is 331 g/mol. The van der Waals surface area contributed by atoms with Gasteiger partial charge in [0, 0.05) is 24.4 Å². The zero-order valence-electron chi connectivity index (χ0n) is 14.0. The van der Waals surface area contributed by atoms with E-state index in [-0.39, 0.29) is 23.7 Å². The molecule has 1 saturated heterocycles. The van der Waals surface area contributed by atoms with Gasteiger partial charge in [0.05, 0.1) is 24.4 Å². The van der Waals surface area contributed by atoms with E-state index in [0.29, 0.717) is 24.7 Å². The minimum absolute atomic E-state index is 0.0560. The molecule has 1 aliphatic heterocycles. The molecule has 0 unspecified atom stereocenters. The molecule has 0 aliphatic carbocycles. The predicted molar refractivity (Wildman–Crippen MR) is 86.1 cm³/mol. The van der Waals surface area contributed by atoms with Crippen molar-refractivity contribution in [2.45, 2.75) is 39.2 Å². The van der Waals surface area contributed by atoms with E-state index in [4.69, 9.17) is 8.94 Å². The number of likely N-dealkylation sites (tertiary alicyclic amines) is 1. The van der Waals surface area contributed by atoms with Crippen LogP contribution in [-0.4, -0.2) is 28.4 Å². The van der Waals surface area contributed by atoms with E-state index in [2.05, 4.69) is 10.5 Å². The summed E-state index contributed by atoms with van der Waals surface area (Å²) in [6, 6.07) is 5.30. The Hall–Kier alpha value is -2.57. The first kappa shape index (κ1) is 16.3. The molecule has 3 heterocycles. The van der Waals surface area contributed by atoms with Crippen molar-refractivity contribution < 1.29 is 18.5 Å².